The zero-order valence-electron chi connectivity index (χ0n) is 12.1. The minimum Gasteiger partial charge on any atom is -0.253 e. The molecule has 1 aromatic carbocycles. The van der Waals surface area contributed by atoms with Crippen molar-refractivity contribution < 1.29 is 0 Å². The molecule has 0 fully saturated rings. The SMILES string of the molecule is c1ccc2nc(-c3nccc4c3sc3ncccc34)ccc2c1. The Kier molecular flexibility index (Phi) is 2.66. The van der Waals surface area contributed by atoms with Crippen molar-refractivity contribution in [3.05, 3.63) is 67.0 Å². The highest BCUT2D eigenvalue weighted by Gasteiger charge is 2.13. The monoisotopic (exact) mass is 313 g/mol. The van der Waals surface area contributed by atoms with Crippen LogP contribution in [0.2, 0.25) is 0 Å². The first kappa shape index (κ1) is 12.7. The van der Waals surface area contributed by atoms with Gasteiger partial charge in [0.2, 0.25) is 0 Å². The first-order chi connectivity index (χ1) is 11.4. The molecule has 0 aliphatic heterocycles. The van der Waals surface area contributed by atoms with Gasteiger partial charge in [0.1, 0.15) is 10.5 Å². The lowest BCUT2D eigenvalue weighted by atomic mass is 10.1. The fourth-order valence-electron chi connectivity index (χ4n) is 2.92. The highest BCUT2D eigenvalue weighted by atomic mass is 32.1. The van der Waals surface area contributed by atoms with Gasteiger partial charge in [0, 0.05) is 28.6 Å². The minimum atomic E-state index is 0.904. The molecule has 4 heteroatoms. The van der Waals surface area contributed by atoms with Gasteiger partial charge in [-0.1, -0.05) is 24.3 Å². The van der Waals surface area contributed by atoms with Crippen molar-refractivity contribution in [1.29, 1.82) is 0 Å². The van der Waals surface area contributed by atoms with Gasteiger partial charge in [-0.2, -0.15) is 0 Å². The van der Waals surface area contributed by atoms with Crippen molar-refractivity contribution in [2.45, 2.75) is 0 Å². The first-order valence-electron chi connectivity index (χ1n) is 7.38. The Hall–Kier alpha value is -2.85. The van der Waals surface area contributed by atoms with Gasteiger partial charge in [-0.3, -0.25) is 4.98 Å². The molecule has 5 aromatic rings. The zero-order valence-corrected chi connectivity index (χ0v) is 12.9. The van der Waals surface area contributed by atoms with Crippen molar-refractivity contribution >= 4 is 42.5 Å². The third-order valence-electron chi connectivity index (χ3n) is 4.01. The second-order valence-corrected chi connectivity index (χ2v) is 6.38. The van der Waals surface area contributed by atoms with Crippen LogP contribution in [0, 0.1) is 0 Å². The van der Waals surface area contributed by atoms with Gasteiger partial charge in [0.15, 0.2) is 0 Å². The van der Waals surface area contributed by atoms with Gasteiger partial charge in [-0.05, 0) is 30.3 Å². The Morgan fingerprint density at radius 2 is 1.70 bits per heavy atom. The molecule has 108 valence electrons. The molecule has 3 nitrogen and oxygen atoms in total. The number of hydrogen-bond acceptors (Lipinski definition) is 4. The summed E-state index contributed by atoms with van der Waals surface area (Å²) in [6.07, 6.45) is 3.69. The van der Waals surface area contributed by atoms with E-state index in [1.165, 1.54) is 10.8 Å². The Morgan fingerprint density at radius 1 is 0.739 bits per heavy atom. The number of rotatable bonds is 1. The smallest absolute Gasteiger partial charge is 0.124 e. The normalized spacial score (nSPS) is 11.5. The second-order valence-electron chi connectivity index (χ2n) is 5.38. The first-order valence-corrected chi connectivity index (χ1v) is 8.20. The van der Waals surface area contributed by atoms with E-state index < -0.39 is 0 Å². The number of aromatic nitrogens is 3. The van der Waals surface area contributed by atoms with Crippen molar-refractivity contribution in [2.24, 2.45) is 0 Å². The Balaban J connectivity index is 1.84. The fourth-order valence-corrected chi connectivity index (χ4v) is 4.05. The average Bonchev–Trinajstić information content (AvgIpc) is 3.00. The average molecular weight is 313 g/mol. The zero-order chi connectivity index (χ0) is 15.2. The number of hydrogen-bond donors (Lipinski definition) is 0. The summed E-state index contributed by atoms with van der Waals surface area (Å²) in [5, 5.41) is 3.51. The molecule has 0 aliphatic rings. The third-order valence-corrected chi connectivity index (χ3v) is 5.14. The van der Waals surface area contributed by atoms with Gasteiger partial charge < -0.3 is 0 Å². The molecule has 0 amide bonds. The van der Waals surface area contributed by atoms with Crippen molar-refractivity contribution in [3.63, 3.8) is 0 Å². The van der Waals surface area contributed by atoms with Crippen LogP contribution >= 0.6 is 11.3 Å². The van der Waals surface area contributed by atoms with Crippen LogP contribution in [0.15, 0.2) is 67.0 Å². The second kappa shape index (κ2) is 4.83. The number of para-hydroxylation sites is 1. The molecule has 0 N–H and O–H groups in total. The largest absolute Gasteiger partial charge is 0.253 e. The molecular weight excluding hydrogens is 302 g/mol. The standard InChI is InChI=1S/C19H11N3S/c1-2-6-15-12(4-1)7-8-16(22-15)17-18-13(9-11-20-17)14-5-3-10-21-19(14)23-18/h1-11H. The number of fused-ring (bicyclic) bond motifs is 4. The molecule has 0 radical (unpaired) electrons. The lowest BCUT2D eigenvalue weighted by Gasteiger charge is -2.03. The summed E-state index contributed by atoms with van der Waals surface area (Å²) in [4.78, 5) is 14.9. The lowest BCUT2D eigenvalue weighted by molar-refractivity contribution is 1.31. The predicted octanol–water partition coefficient (Wildman–Crippen LogP) is 5.06. The molecule has 0 saturated heterocycles. The molecule has 0 unspecified atom stereocenters. The molecule has 0 atom stereocenters. The fraction of sp³-hybridized carbons (Fsp3) is 0. The van der Waals surface area contributed by atoms with E-state index in [1.54, 1.807) is 11.3 Å². The van der Waals surface area contributed by atoms with Crippen LogP contribution in [0.1, 0.15) is 0 Å². The van der Waals surface area contributed by atoms with E-state index in [1.807, 2.05) is 42.7 Å². The highest BCUT2D eigenvalue weighted by molar-refractivity contribution is 7.25. The van der Waals surface area contributed by atoms with Crippen LogP contribution in [0.4, 0.5) is 0 Å². The Bertz CT molecular complexity index is 1180. The van der Waals surface area contributed by atoms with Crippen LogP contribution in [0.3, 0.4) is 0 Å². The van der Waals surface area contributed by atoms with Gasteiger partial charge in [-0.25, -0.2) is 9.97 Å². The van der Waals surface area contributed by atoms with Gasteiger partial charge in [0.05, 0.1) is 15.9 Å². The number of thiophene rings is 1. The molecule has 0 saturated carbocycles. The summed E-state index contributed by atoms with van der Waals surface area (Å²) >= 11 is 1.67. The lowest BCUT2D eigenvalue weighted by Crippen LogP contribution is -1.88. The maximum Gasteiger partial charge on any atom is 0.124 e. The highest BCUT2D eigenvalue weighted by Crippen LogP contribution is 2.37. The molecule has 4 heterocycles. The van der Waals surface area contributed by atoms with E-state index in [4.69, 9.17) is 4.98 Å². The van der Waals surface area contributed by atoms with Crippen molar-refractivity contribution in [3.8, 4) is 11.4 Å². The van der Waals surface area contributed by atoms with Crippen LogP contribution in [0.5, 0.6) is 0 Å². The van der Waals surface area contributed by atoms with Crippen molar-refractivity contribution in [1.82, 2.24) is 15.0 Å². The van der Waals surface area contributed by atoms with E-state index in [2.05, 4.69) is 34.2 Å². The van der Waals surface area contributed by atoms with Gasteiger partial charge in [-0.15, -0.1) is 11.3 Å². The summed E-state index contributed by atoms with van der Waals surface area (Å²) in [5.74, 6) is 0. The van der Waals surface area contributed by atoms with Gasteiger partial charge in [0.25, 0.3) is 0 Å². The maximum atomic E-state index is 4.79. The van der Waals surface area contributed by atoms with Crippen molar-refractivity contribution in [2.75, 3.05) is 0 Å². The summed E-state index contributed by atoms with van der Waals surface area (Å²) < 4.78 is 1.14. The summed E-state index contributed by atoms with van der Waals surface area (Å²) in [7, 11) is 0. The Morgan fingerprint density at radius 3 is 2.70 bits per heavy atom. The van der Waals surface area contributed by atoms with E-state index in [9.17, 15) is 0 Å². The van der Waals surface area contributed by atoms with E-state index >= 15 is 0 Å². The van der Waals surface area contributed by atoms with E-state index in [0.717, 1.165) is 31.8 Å². The number of pyridine rings is 3. The predicted molar refractivity (Wildman–Crippen MR) is 95.7 cm³/mol. The maximum absolute atomic E-state index is 4.79. The molecule has 5 rings (SSSR count). The summed E-state index contributed by atoms with van der Waals surface area (Å²) in [5.41, 5.74) is 2.82. The number of nitrogens with zero attached hydrogens (tertiary/aromatic N) is 3. The molecule has 0 aliphatic carbocycles. The molecular formula is C19H11N3S. The summed E-state index contributed by atoms with van der Waals surface area (Å²) in [6, 6.07) is 18.4. The third kappa shape index (κ3) is 1.92. The Labute approximate surface area is 136 Å². The quantitative estimate of drug-likeness (QED) is 0.434. The number of benzene rings is 1. The van der Waals surface area contributed by atoms with Gasteiger partial charge >= 0.3 is 0 Å². The van der Waals surface area contributed by atoms with Crippen LogP contribution in [-0.4, -0.2) is 15.0 Å². The van der Waals surface area contributed by atoms with E-state index in [-0.39, 0.29) is 0 Å². The molecule has 0 bridgehead atoms. The van der Waals surface area contributed by atoms with Crippen LogP contribution in [-0.2, 0) is 0 Å². The molecule has 0 spiro atoms. The summed E-state index contributed by atoms with van der Waals surface area (Å²) in [6.45, 7) is 0. The van der Waals surface area contributed by atoms with Crippen LogP contribution < -0.4 is 0 Å². The molecule has 23 heavy (non-hydrogen) atoms. The topological polar surface area (TPSA) is 38.7 Å². The van der Waals surface area contributed by atoms with E-state index in [0.29, 0.717) is 0 Å². The molecule has 4 aromatic heterocycles. The minimum absolute atomic E-state index is 0.904. The van der Waals surface area contributed by atoms with Crippen LogP contribution in [0.25, 0.3) is 42.6 Å².